The second-order valence-corrected chi connectivity index (χ2v) is 6.75. The number of nitrogens with zero attached hydrogens (tertiary/aromatic N) is 1. The van der Waals surface area contributed by atoms with E-state index >= 15 is 0 Å². The highest BCUT2D eigenvalue weighted by atomic mass is 35.5. The lowest BCUT2D eigenvalue weighted by Crippen LogP contribution is -2.28. The molecule has 1 saturated carbocycles. The summed E-state index contributed by atoms with van der Waals surface area (Å²) in [7, 11) is 0. The minimum Gasteiger partial charge on any atom is -0.452 e. The lowest BCUT2D eigenvalue weighted by atomic mass is 10.1. The maximum Gasteiger partial charge on any atom is 0.338 e. The quantitative estimate of drug-likeness (QED) is 0.405. The summed E-state index contributed by atoms with van der Waals surface area (Å²) >= 11 is 5.70. The second-order valence-electron chi connectivity index (χ2n) is 6.34. The summed E-state index contributed by atoms with van der Waals surface area (Å²) in [6, 6.07) is 10.1. The van der Waals surface area contributed by atoms with Crippen LogP contribution in [0.1, 0.15) is 33.6 Å². The lowest BCUT2D eigenvalue weighted by molar-refractivity contribution is -0.384. The van der Waals surface area contributed by atoms with Crippen LogP contribution in [0.25, 0.3) is 0 Å². The van der Waals surface area contributed by atoms with Gasteiger partial charge in [0.25, 0.3) is 17.5 Å². The van der Waals surface area contributed by atoms with Gasteiger partial charge in [-0.1, -0.05) is 23.7 Å². The van der Waals surface area contributed by atoms with E-state index in [0.717, 1.165) is 18.9 Å². The predicted octanol–water partition coefficient (Wildman–Crippen LogP) is 2.94. The third kappa shape index (κ3) is 5.29. The van der Waals surface area contributed by atoms with Gasteiger partial charge in [-0.05, 0) is 37.1 Å². The largest absolute Gasteiger partial charge is 0.452 e. The molecule has 3 rings (SSSR count). The van der Waals surface area contributed by atoms with Gasteiger partial charge in [0.1, 0.15) is 5.02 Å². The number of carbonyl (C=O) groups excluding carboxylic acids is 3. The van der Waals surface area contributed by atoms with Crippen LogP contribution in [0.3, 0.4) is 0 Å². The molecular weight excluding hydrogens is 402 g/mol. The van der Waals surface area contributed by atoms with Crippen LogP contribution in [-0.4, -0.2) is 35.4 Å². The first kappa shape index (κ1) is 20.3. The van der Waals surface area contributed by atoms with Crippen molar-refractivity contribution in [2.75, 3.05) is 11.9 Å². The molecule has 2 N–H and O–H groups in total. The number of carbonyl (C=O) groups is 3. The Bertz CT molecular complexity index is 990. The van der Waals surface area contributed by atoms with E-state index in [1.807, 2.05) is 0 Å². The molecule has 2 amide bonds. The van der Waals surface area contributed by atoms with Crippen LogP contribution < -0.4 is 10.6 Å². The molecular formula is C19H16ClN3O6. The molecule has 1 aliphatic carbocycles. The van der Waals surface area contributed by atoms with Crippen LogP contribution in [0.5, 0.6) is 0 Å². The number of nitrogens with one attached hydrogen (secondary N) is 2. The van der Waals surface area contributed by atoms with Crippen molar-refractivity contribution in [3.05, 3.63) is 68.7 Å². The molecule has 0 aliphatic heterocycles. The minimum atomic E-state index is -0.917. The Kier molecular flexibility index (Phi) is 6.08. The number of rotatable bonds is 7. The number of benzene rings is 2. The molecule has 1 fully saturated rings. The maximum atomic E-state index is 12.2. The normalized spacial score (nSPS) is 12.7. The Labute approximate surface area is 170 Å². The first-order chi connectivity index (χ1) is 13.8. The molecule has 1 aliphatic rings. The van der Waals surface area contributed by atoms with Gasteiger partial charge < -0.3 is 15.4 Å². The van der Waals surface area contributed by atoms with Gasteiger partial charge in [0, 0.05) is 12.1 Å². The highest BCUT2D eigenvalue weighted by Crippen LogP contribution is 2.25. The zero-order valence-electron chi connectivity index (χ0n) is 15.0. The molecule has 2 aromatic rings. The zero-order chi connectivity index (χ0) is 21.0. The standard InChI is InChI=1S/C19H16ClN3O6/c20-14-8-5-11(9-16(14)23(27)28)19(26)29-10-17(24)22-15-4-2-1-3-13(15)18(25)21-12-6-7-12/h1-5,8-9,12H,6-7,10H2,(H,21,25)(H,22,24). The summed E-state index contributed by atoms with van der Waals surface area (Å²) in [6.07, 6.45) is 1.86. The van der Waals surface area contributed by atoms with E-state index in [2.05, 4.69) is 10.6 Å². The summed E-state index contributed by atoms with van der Waals surface area (Å²) in [4.78, 5) is 46.6. The van der Waals surface area contributed by atoms with E-state index in [9.17, 15) is 24.5 Å². The van der Waals surface area contributed by atoms with Gasteiger partial charge in [0.2, 0.25) is 0 Å². The molecule has 9 nitrogen and oxygen atoms in total. The Morgan fingerprint density at radius 1 is 1.17 bits per heavy atom. The topological polar surface area (TPSA) is 128 Å². The smallest absolute Gasteiger partial charge is 0.338 e. The van der Waals surface area contributed by atoms with Crippen molar-refractivity contribution in [2.45, 2.75) is 18.9 Å². The third-order valence-electron chi connectivity index (χ3n) is 4.07. The number of esters is 1. The summed E-state index contributed by atoms with van der Waals surface area (Å²) < 4.78 is 4.89. The fraction of sp³-hybridized carbons (Fsp3) is 0.211. The molecule has 0 aromatic heterocycles. The van der Waals surface area contributed by atoms with Crippen LogP contribution in [0.4, 0.5) is 11.4 Å². The Balaban J connectivity index is 1.60. The van der Waals surface area contributed by atoms with Gasteiger partial charge >= 0.3 is 5.97 Å². The van der Waals surface area contributed by atoms with Gasteiger partial charge in [-0.15, -0.1) is 0 Å². The number of ether oxygens (including phenoxy) is 1. The molecule has 150 valence electrons. The summed E-state index contributed by atoms with van der Waals surface area (Å²) in [5.41, 5.74) is 0.0283. The highest BCUT2D eigenvalue weighted by Gasteiger charge is 2.25. The molecule has 0 radical (unpaired) electrons. The molecule has 0 spiro atoms. The fourth-order valence-electron chi connectivity index (χ4n) is 2.46. The Morgan fingerprint density at radius 3 is 2.59 bits per heavy atom. The molecule has 0 heterocycles. The van der Waals surface area contributed by atoms with E-state index < -0.39 is 29.1 Å². The third-order valence-corrected chi connectivity index (χ3v) is 4.39. The molecule has 0 saturated heterocycles. The first-order valence-electron chi connectivity index (χ1n) is 8.66. The number of amides is 2. The van der Waals surface area contributed by atoms with Crippen molar-refractivity contribution in [3.63, 3.8) is 0 Å². The number of nitro groups is 1. The van der Waals surface area contributed by atoms with Crippen LogP contribution in [-0.2, 0) is 9.53 Å². The monoisotopic (exact) mass is 417 g/mol. The van der Waals surface area contributed by atoms with Gasteiger partial charge in [-0.25, -0.2) is 4.79 Å². The molecule has 2 aromatic carbocycles. The molecule has 29 heavy (non-hydrogen) atoms. The SMILES string of the molecule is O=C(COC(=O)c1ccc(Cl)c([N+](=O)[O-])c1)Nc1ccccc1C(=O)NC1CC1. The van der Waals surface area contributed by atoms with Gasteiger partial charge in [0.05, 0.1) is 21.7 Å². The summed E-state index contributed by atoms with van der Waals surface area (Å²) in [5.74, 6) is -1.87. The van der Waals surface area contributed by atoms with Gasteiger partial charge in [-0.3, -0.25) is 19.7 Å². The van der Waals surface area contributed by atoms with Crippen molar-refractivity contribution >= 4 is 40.8 Å². The van der Waals surface area contributed by atoms with Gasteiger partial charge in [-0.2, -0.15) is 0 Å². The van der Waals surface area contributed by atoms with Crippen molar-refractivity contribution < 1.29 is 24.0 Å². The second kappa shape index (κ2) is 8.70. The first-order valence-corrected chi connectivity index (χ1v) is 9.03. The van der Waals surface area contributed by atoms with Crippen molar-refractivity contribution in [2.24, 2.45) is 0 Å². The maximum absolute atomic E-state index is 12.2. The fourth-order valence-corrected chi connectivity index (χ4v) is 2.65. The van der Waals surface area contributed by atoms with Crippen LogP contribution in [0, 0.1) is 10.1 Å². The van der Waals surface area contributed by atoms with Crippen LogP contribution >= 0.6 is 11.6 Å². The number of nitro benzene ring substituents is 1. The Hall–Kier alpha value is -3.46. The van der Waals surface area contributed by atoms with E-state index in [1.165, 1.54) is 12.1 Å². The Morgan fingerprint density at radius 2 is 1.90 bits per heavy atom. The van der Waals surface area contributed by atoms with Crippen molar-refractivity contribution in [3.8, 4) is 0 Å². The number of hydrogen-bond donors (Lipinski definition) is 2. The van der Waals surface area contributed by atoms with Crippen LogP contribution in [0.15, 0.2) is 42.5 Å². The van der Waals surface area contributed by atoms with Crippen LogP contribution in [0.2, 0.25) is 5.02 Å². The summed E-state index contributed by atoms with van der Waals surface area (Å²) in [6.45, 7) is -0.631. The van der Waals surface area contributed by atoms with E-state index in [1.54, 1.807) is 24.3 Å². The molecule has 0 atom stereocenters. The van der Waals surface area contributed by atoms with Gasteiger partial charge in [0.15, 0.2) is 6.61 Å². The highest BCUT2D eigenvalue weighted by molar-refractivity contribution is 6.32. The van der Waals surface area contributed by atoms with E-state index in [-0.39, 0.29) is 28.2 Å². The molecule has 0 unspecified atom stereocenters. The number of para-hydroxylation sites is 1. The molecule has 10 heteroatoms. The van der Waals surface area contributed by atoms with Crippen molar-refractivity contribution in [1.82, 2.24) is 5.32 Å². The zero-order valence-corrected chi connectivity index (χ0v) is 15.8. The predicted molar refractivity (Wildman–Crippen MR) is 104 cm³/mol. The number of anilines is 1. The lowest BCUT2D eigenvalue weighted by Gasteiger charge is -2.11. The van der Waals surface area contributed by atoms with E-state index in [0.29, 0.717) is 5.56 Å². The number of hydrogen-bond acceptors (Lipinski definition) is 6. The number of halogens is 1. The summed E-state index contributed by atoms with van der Waals surface area (Å²) in [5, 5.41) is 16.1. The average molecular weight is 418 g/mol. The average Bonchev–Trinajstić information content (AvgIpc) is 3.50. The van der Waals surface area contributed by atoms with E-state index in [4.69, 9.17) is 16.3 Å². The molecule has 0 bridgehead atoms. The van der Waals surface area contributed by atoms with Crippen molar-refractivity contribution in [1.29, 1.82) is 0 Å². The minimum absolute atomic E-state index is 0.113.